The summed E-state index contributed by atoms with van der Waals surface area (Å²) in [4.78, 5) is 23.3. The Kier molecular flexibility index (Phi) is 4.71. The first-order valence-corrected chi connectivity index (χ1v) is 6.70. The molecule has 0 aliphatic heterocycles. The highest BCUT2D eigenvalue weighted by Crippen LogP contribution is 2.05. The predicted molar refractivity (Wildman–Crippen MR) is 76.9 cm³/mol. The number of rotatable bonds is 6. The summed E-state index contributed by atoms with van der Waals surface area (Å²) in [6.07, 6.45) is 3.26. The molecule has 0 saturated heterocycles. The molecule has 21 heavy (non-hydrogen) atoms. The van der Waals surface area contributed by atoms with Gasteiger partial charge in [-0.25, -0.2) is 4.79 Å². The minimum atomic E-state index is -1.06. The molecule has 0 aliphatic carbocycles. The zero-order chi connectivity index (χ0) is 15.2. The zero-order valence-electron chi connectivity index (χ0n) is 11.7. The van der Waals surface area contributed by atoms with Crippen LogP contribution in [0.3, 0.4) is 0 Å². The van der Waals surface area contributed by atoms with Crippen LogP contribution in [0.4, 0.5) is 0 Å². The van der Waals surface area contributed by atoms with Crippen LogP contribution in [0.25, 0.3) is 0 Å². The fraction of sp³-hybridized carbons (Fsp3) is 0.267. The van der Waals surface area contributed by atoms with Crippen molar-refractivity contribution in [3.8, 4) is 0 Å². The summed E-state index contributed by atoms with van der Waals surface area (Å²) in [5.74, 6) is -1.49. The minimum absolute atomic E-state index is 0.240. The second kappa shape index (κ2) is 6.69. The molecule has 0 aliphatic rings. The van der Waals surface area contributed by atoms with Crippen LogP contribution in [0.2, 0.25) is 0 Å². The summed E-state index contributed by atoms with van der Waals surface area (Å²) < 4.78 is 1.61. The molecule has 0 unspecified atom stereocenters. The number of carboxylic acids is 1. The number of carbonyl (C=O) groups is 2. The van der Waals surface area contributed by atoms with Crippen molar-refractivity contribution >= 4 is 11.9 Å². The Hall–Kier alpha value is -2.63. The van der Waals surface area contributed by atoms with Crippen LogP contribution >= 0.6 is 0 Å². The molecule has 2 aromatic rings. The largest absolute Gasteiger partial charge is 0.480 e. The Labute approximate surface area is 122 Å². The molecular formula is C15H17N3O3. The van der Waals surface area contributed by atoms with E-state index in [1.807, 2.05) is 37.3 Å². The van der Waals surface area contributed by atoms with E-state index in [9.17, 15) is 14.7 Å². The average molecular weight is 287 g/mol. The van der Waals surface area contributed by atoms with Crippen LogP contribution in [-0.2, 0) is 17.8 Å². The maximum absolute atomic E-state index is 12.1. The second-order valence-electron chi connectivity index (χ2n) is 4.64. The van der Waals surface area contributed by atoms with Gasteiger partial charge in [-0.05, 0) is 12.5 Å². The van der Waals surface area contributed by atoms with Crippen molar-refractivity contribution in [1.82, 2.24) is 15.1 Å². The number of amides is 1. The number of carbonyl (C=O) groups excluding carboxylic acids is 1. The first-order chi connectivity index (χ1) is 10.1. The van der Waals surface area contributed by atoms with Crippen molar-refractivity contribution in [3.05, 3.63) is 53.9 Å². The summed E-state index contributed by atoms with van der Waals surface area (Å²) in [5.41, 5.74) is 1.21. The number of aryl methyl sites for hydroxylation is 1. The van der Waals surface area contributed by atoms with Gasteiger partial charge in [-0.15, -0.1) is 0 Å². The number of carboxylic acid groups (broad SMARTS) is 1. The van der Waals surface area contributed by atoms with Gasteiger partial charge >= 0.3 is 5.97 Å². The van der Waals surface area contributed by atoms with Gasteiger partial charge in [-0.1, -0.05) is 30.3 Å². The number of aliphatic carboxylic acids is 1. The van der Waals surface area contributed by atoms with E-state index in [-0.39, 0.29) is 6.42 Å². The lowest BCUT2D eigenvalue weighted by molar-refractivity contribution is -0.139. The second-order valence-corrected chi connectivity index (χ2v) is 4.64. The summed E-state index contributed by atoms with van der Waals surface area (Å²) in [6.45, 7) is 2.56. The lowest BCUT2D eigenvalue weighted by atomic mass is 10.1. The zero-order valence-corrected chi connectivity index (χ0v) is 11.7. The van der Waals surface area contributed by atoms with Gasteiger partial charge in [0.2, 0.25) is 0 Å². The van der Waals surface area contributed by atoms with Crippen molar-refractivity contribution < 1.29 is 14.7 Å². The van der Waals surface area contributed by atoms with Crippen LogP contribution in [0.15, 0.2) is 42.7 Å². The normalized spacial score (nSPS) is 11.9. The van der Waals surface area contributed by atoms with Gasteiger partial charge < -0.3 is 10.4 Å². The number of benzene rings is 1. The monoisotopic (exact) mass is 287 g/mol. The number of nitrogens with zero attached hydrogens (tertiary/aromatic N) is 2. The first kappa shape index (κ1) is 14.8. The molecule has 0 spiro atoms. The van der Waals surface area contributed by atoms with E-state index < -0.39 is 17.9 Å². The van der Waals surface area contributed by atoms with Gasteiger partial charge in [0.15, 0.2) is 0 Å². The summed E-state index contributed by atoms with van der Waals surface area (Å²) in [6, 6.07) is 8.22. The Balaban J connectivity index is 2.05. The van der Waals surface area contributed by atoms with E-state index in [1.165, 1.54) is 6.20 Å². The van der Waals surface area contributed by atoms with E-state index in [0.29, 0.717) is 12.1 Å². The smallest absolute Gasteiger partial charge is 0.326 e. The molecule has 1 aromatic heterocycles. The minimum Gasteiger partial charge on any atom is -0.480 e. The summed E-state index contributed by atoms with van der Waals surface area (Å²) >= 11 is 0. The Morgan fingerprint density at radius 1 is 1.33 bits per heavy atom. The van der Waals surface area contributed by atoms with E-state index in [2.05, 4.69) is 10.4 Å². The Morgan fingerprint density at radius 2 is 2.05 bits per heavy atom. The maximum atomic E-state index is 12.1. The van der Waals surface area contributed by atoms with Gasteiger partial charge in [-0.3, -0.25) is 9.48 Å². The molecule has 0 radical (unpaired) electrons. The van der Waals surface area contributed by atoms with E-state index in [1.54, 1.807) is 10.9 Å². The molecule has 2 rings (SSSR count). The Morgan fingerprint density at radius 3 is 2.62 bits per heavy atom. The third-order valence-electron chi connectivity index (χ3n) is 3.11. The quantitative estimate of drug-likeness (QED) is 0.839. The van der Waals surface area contributed by atoms with Gasteiger partial charge in [0.05, 0.1) is 11.8 Å². The number of nitrogens with one attached hydrogen (secondary N) is 1. The van der Waals surface area contributed by atoms with E-state index in [0.717, 1.165) is 5.56 Å². The topological polar surface area (TPSA) is 84.2 Å². The molecule has 6 heteroatoms. The molecule has 1 heterocycles. The third-order valence-corrected chi connectivity index (χ3v) is 3.11. The molecule has 0 fully saturated rings. The fourth-order valence-electron chi connectivity index (χ4n) is 1.95. The lowest BCUT2D eigenvalue weighted by Gasteiger charge is -2.14. The maximum Gasteiger partial charge on any atom is 0.326 e. The SMILES string of the molecule is CCn1cc(C(=O)N[C@@H](Cc2ccccc2)C(=O)O)cn1. The predicted octanol–water partition coefficient (Wildman–Crippen LogP) is 1.33. The standard InChI is InChI=1S/C15H17N3O3/c1-2-18-10-12(9-16-18)14(19)17-13(15(20)21)8-11-6-4-3-5-7-11/h3-7,9-10,13H,2,8H2,1H3,(H,17,19)(H,20,21)/t13-/m0/s1. The van der Waals surface area contributed by atoms with Crippen molar-refractivity contribution in [2.75, 3.05) is 0 Å². The molecule has 1 aromatic carbocycles. The highest BCUT2D eigenvalue weighted by Gasteiger charge is 2.21. The molecule has 0 bridgehead atoms. The molecule has 1 amide bonds. The number of hydrogen-bond donors (Lipinski definition) is 2. The molecule has 1 atom stereocenters. The Bertz CT molecular complexity index is 622. The molecule has 6 nitrogen and oxygen atoms in total. The van der Waals surface area contributed by atoms with Gasteiger partial charge in [0.25, 0.3) is 5.91 Å². The molecule has 2 N–H and O–H groups in total. The molecule has 110 valence electrons. The van der Waals surface area contributed by atoms with Crippen LogP contribution in [0, 0.1) is 0 Å². The van der Waals surface area contributed by atoms with Crippen molar-refractivity contribution in [1.29, 1.82) is 0 Å². The van der Waals surface area contributed by atoms with Crippen molar-refractivity contribution in [2.24, 2.45) is 0 Å². The fourth-order valence-corrected chi connectivity index (χ4v) is 1.95. The average Bonchev–Trinajstić information content (AvgIpc) is 2.96. The summed E-state index contributed by atoms with van der Waals surface area (Å²) in [5, 5.41) is 15.8. The number of aromatic nitrogens is 2. The first-order valence-electron chi connectivity index (χ1n) is 6.70. The van der Waals surface area contributed by atoms with Gasteiger partial charge in [-0.2, -0.15) is 5.10 Å². The van der Waals surface area contributed by atoms with Crippen LogP contribution in [-0.4, -0.2) is 32.8 Å². The highest BCUT2D eigenvalue weighted by atomic mass is 16.4. The third kappa shape index (κ3) is 3.92. The lowest BCUT2D eigenvalue weighted by Crippen LogP contribution is -2.42. The van der Waals surface area contributed by atoms with Crippen molar-refractivity contribution in [2.45, 2.75) is 25.9 Å². The molecule has 0 saturated carbocycles. The van der Waals surface area contributed by atoms with Gasteiger partial charge in [0, 0.05) is 19.2 Å². The highest BCUT2D eigenvalue weighted by molar-refractivity contribution is 5.96. The van der Waals surface area contributed by atoms with Crippen molar-refractivity contribution in [3.63, 3.8) is 0 Å². The van der Waals surface area contributed by atoms with Crippen LogP contribution in [0.1, 0.15) is 22.8 Å². The van der Waals surface area contributed by atoms with Crippen LogP contribution < -0.4 is 5.32 Å². The van der Waals surface area contributed by atoms with E-state index >= 15 is 0 Å². The summed E-state index contributed by atoms with van der Waals surface area (Å²) in [7, 11) is 0. The molecular weight excluding hydrogens is 270 g/mol. The van der Waals surface area contributed by atoms with Crippen LogP contribution in [0.5, 0.6) is 0 Å². The number of hydrogen-bond acceptors (Lipinski definition) is 3. The van der Waals surface area contributed by atoms with Gasteiger partial charge in [0.1, 0.15) is 6.04 Å². The van der Waals surface area contributed by atoms with E-state index in [4.69, 9.17) is 0 Å².